The van der Waals surface area contributed by atoms with Gasteiger partial charge in [0.1, 0.15) is 5.69 Å². The number of rotatable bonds is 6. The summed E-state index contributed by atoms with van der Waals surface area (Å²) in [6, 6.07) is 11.5. The standard InChI is InChI=1S/C16H19ClN2O/c1-19(12-6-2-5-11-17)16(20)15-10-9-13-7-3-4-8-14(13)18-15/h3-4,7-10H,2,5-6,11-12H2,1H3. The molecule has 0 N–H and O–H groups in total. The van der Waals surface area contributed by atoms with E-state index in [1.165, 1.54) is 0 Å². The Morgan fingerprint density at radius 1 is 1.15 bits per heavy atom. The molecule has 1 amide bonds. The predicted molar refractivity (Wildman–Crippen MR) is 83.3 cm³/mol. The highest BCUT2D eigenvalue weighted by Crippen LogP contribution is 2.13. The molecule has 0 aliphatic heterocycles. The fourth-order valence-electron chi connectivity index (χ4n) is 2.10. The van der Waals surface area contributed by atoms with Gasteiger partial charge in [0, 0.05) is 24.9 Å². The van der Waals surface area contributed by atoms with Crippen molar-refractivity contribution in [2.24, 2.45) is 0 Å². The lowest BCUT2D eigenvalue weighted by Gasteiger charge is -2.16. The first-order chi connectivity index (χ1) is 9.72. The molecular weight excluding hydrogens is 272 g/mol. The number of hydrogen-bond acceptors (Lipinski definition) is 2. The van der Waals surface area contributed by atoms with Crippen molar-refractivity contribution in [2.75, 3.05) is 19.5 Å². The van der Waals surface area contributed by atoms with Crippen molar-refractivity contribution in [2.45, 2.75) is 19.3 Å². The van der Waals surface area contributed by atoms with Crippen LogP contribution in [-0.4, -0.2) is 35.3 Å². The molecule has 106 valence electrons. The van der Waals surface area contributed by atoms with E-state index in [2.05, 4.69) is 4.98 Å². The molecule has 2 aromatic rings. The average molecular weight is 291 g/mol. The Morgan fingerprint density at radius 2 is 1.95 bits per heavy atom. The maximum absolute atomic E-state index is 12.3. The summed E-state index contributed by atoms with van der Waals surface area (Å²) in [5.74, 6) is 0.658. The van der Waals surface area contributed by atoms with Crippen LogP contribution in [0.5, 0.6) is 0 Å². The van der Waals surface area contributed by atoms with Gasteiger partial charge in [0.15, 0.2) is 0 Å². The third-order valence-corrected chi connectivity index (χ3v) is 3.56. The van der Waals surface area contributed by atoms with Crippen molar-refractivity contribution >= 4 is 28.4 Å². The second-order valence-electron chi connectivity index (χ2n) is 4.87. The summed E-state index contributed by atoms with van der Waals surface area (Å²) in [6.45, 7) is 0.740. The van der Waals surface area contributed by atoms with E-state index < -0.39 is 0 Å². The van der Waals surface area contributed by atoms with Crippen molar-refractivity contribution in [3.8, 4) is 0 Å². The van der Waals surface area contributed by atoms with Crippen LogP contribution < -0.4 is 0 Å². The molecule has 0 radical (unpaired) electrons. The van der Waals surface area contributed by atoms with Gasteiger partial charge in [-0.25, -0.2) is 4.98 Å². The van der Waals surface area contributed by atoms with Crippen molar-refractivity contribution < 1.29 is 4.79 Å². The van der Waals surface area contributed by atoms with E-state index in [0.29, 0.717) is 11.6 Å². The fraction of sp³-hybridized carbons (Fsp3) is 0.375. The lowest BCUT2D eigenvalue weighted by molar-refractivity contribution is 0.0787. The van der Waals surface area contributed by atoms with Crippen LogP contribution in [0.15, 0.2) is 36.4 Å². The number of halogens is 1. The SMILES string of the molecule is CN(CCCCCCl)C(=O)c1ccc2ccccc2n1. The number of aromatic nitrogens is 1. The molecule has 20 heavy (non-hydrogen) atoms. The number of pyridine rings is 1. The Labute approximate surface area is 124 Å². The Bertz CT molecular complexity index is 585. The zero-order chi connectivity index (χ0) is 14.4. The normalized spacial score (nSPS) is 10.7. The lowest BCUT2D eigenvalue weighted by atomic mass is 10.2. The second-order valence-corrected chi connectivity index (χ2v) is 5.24. The minimum Gasteiger partial charge on any atom is -0.340 e. The summed E-state index contributed by atoms with van der Waals surface area (Å²) in [5.41, 5.74) is 1.36. The molecule has 4 heteroatoms. The largest absolute Gasteiger partial charge is 0.340 e. The molecule has 0 bridgehead atoms. The molecular formula is C16H19ClN2O. The van der Waals surface area contributed by atoms with Crippen LogP contribution in [0.2, 0.25) is 0 Å². The number of benzene rings is 1. The Hall–Kier alpha value is -1.61. The van der Waals surface area contributed by atoms with Crippen molar-refractivity contribution in [1.82, 2.24) is 9.88 Å². The quantitative estimate of drug-likeness (QED) is 0.600. The molecule has 1 aromatic carbocycles. The summed E-state index contributed by atoms with van der Waals surface area (Å²) < 4.78 is 0. The van der Waals surface area contributed by atoms with E-state index in [-0.39, 0.29) is 5.91 Å². The zero-order valence-electron chi connectivity index (χ0n) is 11.7. The minimum atomic E-state index is -0.0263. The van der Waals surface area contributed by atoms with Crippen LogP contribution in [0.3, 0.4) is 0 Å². The summed E-state index contributed by atoms with van der Waals surface area (Å²) in [6.07, 6.45) is 3.02. The maximum atomic E-state index is 12.3. The molecule has 1 heterocycles. The van der Waals surface area contributed by atoms with E-state index in [1.54, 1.807) is 11.0 Å². The first-order valence-electron chi connectivity index (χ1n) is 6.89. The van der Waals surface area contributed by atoms with E-state index in [1.807, 2.05) is 37.4 Å². The van der Waals surface area contributed by atoms with Gasteiger partial charge in [0.05, 0.1) is 5.52 Å². The number of alkyl halides is 1. The molecule has 1 aromatic heterocycles. The number of unbranched alkanes of at least 4 members (excludes halogenated alkanes) is 2. The van der Waals surface area contributed by atoms with Crippen LogP contribution >= 0.6 is 11.6 Å². The van der Waals surface area contributed by atoms with Gasteiger partial charge >= 0.3 is 0 Å². The highest BCUT2D eigenvalue weighted by molar-refractivity contribution is 6.17. The minimum absolute atomic E-state index is 0.0263. The zero-order valence-corrected chi connectivity index (χ0v) is 12.4. The summed E-state index contributed by atoms with van der Waals surface area (Å²) in [4.78, 5) is 18.4. The van der Waals surface area contributed by atoms with E-state index in [9.17, 15) is 4.79 Å². The van der Waals surface area contributed by atoms with Gasteiger partial charge in [0.25, 0.3) is 5.91 Å². The van der Waals surface area contributed by atoms with E-state index >= 15 is 0 Å². The predicted octanol–water partition coefficient (Wildman–Crippen LogP) is 3.72. The lowest BCUT2D eigenvalue weighted by Crippen LogP contribution is -2.28. The van der Waals surface area contributed by atoms with Gasteiger partial charge < -0.3 is 4.90 Å². The average Bonchev–Trinajstić information content (AvgIpc) is 2.50. The third-order valence-electron chi connectivity index (χ3n) is 3.29. The second kappa shape index (κ2) is 7.25. The number of amides is 1. The number of carbonyl (C=O) groups is 1. The first kappa shape index (κ1) is 14.8. The first-order valence-corrected chi connectivity index (χ1v) is 7.43. The van der Waals surface area contributed by atoms with Crippen LogP contribution in [-0.2, 0) is 0 Å². The molecule has 0 saturated carbocycles. The topological polar surface area (TPSA) is 33.2 Å². The van der Waals surface area contributed by atoms with Crippen molar-refractivity contribution in [3.05, 3.63) is 42.1 Å². The Balaban J connectivity index is 2.02. The number of hydrogen-bond donors (Lipinski definition) is 0. The monoisotopic (exact) mass is 290 g/mol. The number of fused-ring (bicyclic) bond motifs is 1. The molecule has 0 aliphatic carbocycles. The molecule has 0 atom stereocenters. The number of carbonyl (C=O) groups excluding carboxylic acids is 1. The summed E-state index contributed by atoms with van der Waals surface area (Å²) in [5, 5.41) is 1.05. The molecule has 0 unspecified atom stereocenters. The highest BCUT2D eigenvalue weighted by atomic mass is 35.5. The third kappa shape index (κ3) is 3.70. The molecule has 0 saturated heterocycles. The molecule has 0 spiro atoms. The van der Waals surface area contributed by atoms with Gasteiger partial charge in [-0.3, -0.25) is 4.79 Å². The molecule has 0 fully saturated rings. The summed E-state index contributed by atoms with van der Waals surface area (Å²) >= 11 is 5.64. The van der Waals surface area contributed by atoms with Gasteiger partial charge in [0.2, 0.25) is 0 Å². The van der Waals surface area contributed by atoms with Gasteiger partial charge in [-0.1, -0.05) is 30.7 Å². The van der Waals surface area contributed by atoms with Crippen LogP contribution in [0.1, 0.15) is 29.8 Å². The Morgan fingerprint density at radius 3 is 2.75 bits per heavy atom. The van der Waals surface area contributed by atoms with Gasteiger partial charge in [-0.2, -0.15) is 0 Å². The number of para-hydroxylation sites is 1. The maximum Gasteiger partial charge on any atom is 0.272 e. The molecule has 2 rings (SSSR count). The molecule has 0 aliphatic rings. The smallest absolute Gasteiger partial charge is 0.272 e. The van der Waals surface area contributed by atoms with E-state index in [4.69, 9.17) is 11.6 Å². The van der Waals surface area contributed by atoms with Gasteiger partial charge in [-0.15, -0.1) is 11.6 Å². The van der Waals surface area contributed by atoms with Crippen molar-refractivity contribution in [3.63, 3.8) is 0 Å². The van der Waals surface area contributed by atoms with Gasteiger partial charge in [-0.05, 0) is 25.0 Å². The summed E-state index contributed by atoms with van der Waals surface area (Å²) in [7, 11) is 1.82. The fourth-order valence-corrected chi connectivity index (χ4v) is 2.29. The Kier molecular flexibility index (Phi) is 5.36. The van der Waals surface area contributed by atoms with Crippen LogP contribution in [0.25, 0.3) is 10.9 Å². The van der Waals surface area contributed by atoms with Crippen molar-refractivity contribution in [1.29, 1.82) is 0 Å². The molecule has 3 nitrogen and oxygen atoms in total. The van der Waals surface area contributed by atoms with Crippen LogP contribution in [0, 0.1) is 0 Å². The van der Waals surface area contributed by atoms with Crippen LogP contribution in [0.4, 0.5) is 0 Å². The number of nitrogens with zero attached hydrogens (tertiary/aromatic N) is 2. The van der Waals surface area contributed by atoms with E-state index in [0.717, 1.165) is 36.7 Å². The highest BCUT2D eigenvalue weighted by Gasteiger charge is 2.13.